The highest BCUT2D eigenvalue weighted by molar-refractivity contribution is 7.80. The second kappa shape index (κ2) is 9.60. The zero-order valence-electron chi connectivity index (χ0n) is 13.4. The lowest BCUT2D eigenvalue weighted by Crippen LogP contribution is -2.11. The molecular formula is C17H24N2O3S. The Morgan fingerprint density at radius 3 is 2.61 bits per heavy atom. The highest BCUT2D eigenvalue weighted by Crippen LogP contribution is 2.24. The molecule has 1 aromatic carbocycles. The van der Waals surface area contributed by atoms with Crippen molar-refractivity contribution in [3.8, 4) is 5.75 Å². The van der Waals surface area contributed by atoms with Crippen LogP contribution in [0.2, 0.25) is 0 Å². The van der Waals surface area contributed by atoms with Crippen LogP contribution in [0.25, 0.3) is 10.9 Å². The summed E-state index contributed by atoms with van der Waals surface area (Å²) in [7, 11) is 0. The summed E-state index contributed by atoms with van der Waals surface area (Å²) in [5.74, 6) is 1.54. The molecule has 0 bridgehead atoms. The average Bonchev–Trinajstić information content (AvgIpc) is 2.92. The first-order chi connectivity index (χ1) is 11.2. The van der Waals surface area contributed by atoms with Gasteiger partial charge in [0.1, 0.15) is 12.4 Å². The third-order valence-electron chi connectivity index (χ3n) is 3.30. The number of ether oxygens (including phenoxy) is 3. The van der Waals surface area contributed by atoms with Crippen molar-refractivity contribution in [2.24, 2.45) is 0 Å². The minimum atomic E-state index is 0.501. The van der Waals surface area contributed by atoms with E-state index < -0.39 is 0 Å². The molecule has 0 fully saturated rings. The number of aromatic amines is 1. The number of nitrogens with one attached hydrogen (secondary N) is 2. The molecule has 0 unspecified atom stereocenters. The van der Waals surface area contributed by atoms with Crippen LogP contribution >= 0.6 is 12.6 Å². The molecule has 0 aliphatic carbocycles. The molecule has 0 radical (unpaired) electrons. The fourth-order valence-corrected chi connectivity index (χ4v) is 2.41. The van der Waals surface area contributed by atoms with E-state index in [-0.39, 0.29) is 0 Å². The topological polar surface area (TPSA) is 67.3 Å². The highest BCUT2D eigenvalue weighted by Gasteiger charge is 2.06. The smallest absolute Gasteiger partial charge is 0.120 e. The van der Waals surface area contributed by atoms with E-state index in [0.717, 1.165) is 28.0 Å². The number of aromatic nitrogens is 1. The fourth-order valence-electron chi connectivity index (χ4n) is 2.28. The maximum atomic E-state index is 7.64. The predicted octanol–water partition coefficient (Wildman–Crippen LogP) is 3.09. The first-order valence-electron chi connectivity index (χ1n) is 7.74. The molecular weight excluding hydrogens is 312 g/mol. The van der Waals surface area contributed by atoms with Gasteiger partial charge in [0.05, 0.1) is 26.4 Å². The zero-order valence-corrected chi connectivity index (χ0v) is 14.3. The van der Waals surface area contributed by atoms with Crippen LogP contribution in [0.3, 0.4) is 0 Å². The molecule has 0 saturated carbocycles. The number of thiol groups is 1. The van der Waals surface area contributed by atoms with Crippen molar-refractivity contribution in [3.63, 3.8) is 0 Å². The molecule has 1 heterocycles. The summed E-state index contributed by atoms with van der Waals surface area (Å²) >= 11 is 4.07. The quantitative estimate of drug-likeness (QED) is 0.336. The van der Waals surface area contributed by atoms with Crippen LogP contribution in [0.1, 0.15) is 12.5 Å². The van der Waals surface area contributed by atoms with Crippen LogP contribution in [0.4, 0.5) is 0 Å². The third kappa shape index (κ3) is 5.89. The molecule has 23 heavy (non-hydrogen) atoms. The van der Waals surface area contributed by atoms with Gasteiger partial charge >= 0.3 is 0 Å². The lowest BCUT2D eigenvalue weighted by atomic mass is 10.1. The summed E-state index contributed by atoms with van der Waals surface area (Å²) in [6, 6.07) is 5.95. The monoisotopic (exact) mass is 336 g/mol. The van der Waals surface area contributed by atoms with Gasteiger partial charge < -0.3 is 24.6 Å². The zero-order chi connectivity index (χ0) is 16.5. The average molecular weight is 336 g/mol. The van der Waals surface area contributed by atoms with Crippen molar-refractivity contribution in [3.05, 3.63) is 30.0 Å². The Morgan fingerprint density at radius 2 is 1.87 bits per heavy atom. The van der Waals surface area contributed by atoms with Crippen LogP contribution in [-0.4, -0.2) is 49.5 Å². The van der Waals surface area contributed by atoms with E-state index in [9.17, 15) is 0 Å². The first-order valence-corrected chi connectivity index (χ1v) is 8.37. The van der Waals surface area contributed by atoms with Crippen LogP contribution < -0.4 is 4.74 Å². The van der Waals surface area contributed by atoms with E-state index in [2.05, 4.69) is 17.6 Å². The fraction of sp³-hybridized carbons (Fsp3) is 0.471. The van der Waals surface area contributed by atoms with E-state index in [1.54, 1.807) is 0 Å². The van der Waals surface area contributed by atoms with Crippen molar-refractivity contribution in [1.29, 1.82) is 5.41 Å². The van der Waals surface area contributed by atoms with Crippen LogP contribution in [-0.2, 0) is 15.9 Å². The summed E-state index contributed by atoms with van der Waals surface area (Å²) in [6.45, 7) is 4.65. The van der Waals surface area contributed by atoms with E-state index in [1.807, 2.05) is 31.3 Å². The molecule has 0 spiro atoms. The maximum absolute atomic E-state index is 7.64. The van der Waals surface area contributed by atoms with Crippen molar-refractivity contribution in [2.75, 3.05) is 38.8 Å². The molecule has 1 aromatic heterocycles. The Bertz CT molecular complexity index is 627. The van der Waals surface area contributed by atoms with Gasteiger partial charge in [-0.15, -0.1) is 0 Å². The van der Waals surface area contributed by atoms with Crippen LogP contribution in [0.5, 0.6) is 5.75 Å². The predicted molar refractivity (Wildman–Crippen MR) is 96.4 cm³/mol. The molecule has 0 aliphatic heterocycles. The number of hydrogen-bond donors (Lipinski definition) is 3. The van der Waals surface area contributed by atoms with Crippen molar-refractivity contribution < 1.29 is 14.2 Å². The Morgan fingerprint density at radius 1 is 1.13 bits per heavy atom. The Hall–Kier alpha value is -1.50. The normalized spacial score (nSPS) is 11.0. The first kappa shape index (κ1) is 17.8. The molecule has 126 valence electrons. The molecule has 5 nitrogen and oxygen atoms in total. The minimum absolute atomic E-state index is 0.501. The van der Waals surface area contributed by atoms with E-state index in [1.165, 1.54) is 0 Å². The highest BCUT2D eigenvalue weighted by atomic mass is 32.1. The standard InChI is InChI=1S/C17H24N2O3S/c1-13(18)10-14-12-19-17-3-2-15(11-16(14)17)22-7-6-20-4-5-21-8-9-23/h2-3,11-12,18-19,23H,4-10H2,1H3. The SMILES string of the molecule is CC(=N)Cc1c[nH]c2ccc(OCCOCCOCCS)cc12. The Labute approximate surface area is 142 Å². The Kier molecular flexibility index (Phi) is 7.45. The lowest BCUT2D eigenvalue weighted by Gasteiger charge is -2.08. The summed E-state index contributed by atoms with van der Waals surface area (Å²) in [5, 5.41) is 8.75. The summed E-state index contributed by atoms with van der Waals surface area (Å²) in [5.41, 5.74) is 2.83. The summed E-state index contributed by atoms with van der Waals surface area (Å²) in [6.07, 6.45) is 2.61. The van der Waals surface area contributed by atoms with Gasteiger partial charge in [0.2, 0.25) is 0 Å². The second-order valence-corrected chi connectivity index (χ2v) is 5.72. The molecule has 6 heteroatoms. The van der Waals surface area contributed by atoms with Crippen LogP contribution in [0, 0.1) is 5.41 Å². The minimum Gasteiger partial charge on any atom is -0.491 e. The van der Waals surface area contributed by atoms with Crippen molar-refractivity contribution in [2.45, 2.75) is 13.3 Å². The Balaban J connectivity index is 1.78. The number of fused-ring (bicyclic) bond motifs is 1. The number of benzene rings is 1. The van der Waals surface area contributed by atoms with Gasteiger partial charge in [-0.3, -0.25) is 0 Å². The number of H-pyrrole nitrogens is 1. The summed E-state index contributed by atoms with van der Waals surface area (Å²) in [4.78, 5) is 3.23. The molecule has 0 saturated heterocycles. The van der Waals surface area contributed by atoms with Crippen molar-refractivity contribution >= 4 is 29.2 Å². The van der Waals surface area contributed by atoms with Crippen LogP contribution in [0.15, 0.2) is 24.4 Å². The van der Waals surface area contributed by atoms with Gasteiger partial charge in [0, 0.05) is 35.0 Å². The van der Waals surface area contributed by atoms with E-state index in [4.69, 9.17) is 19.6 Å². The maximum Gasteiger partial charge on any atom is 0.120 e. The number of hydrogen-bond acceptors (Lipinski definition) is 5. The molecule has 0 aliphatic rings. The van der Waals surface area contributed by atoms with Gasteiger partial charge in [-0.2, -0.15) is 12.6 Å². The molecule has 2 rings (SSSR count). The summed E-state index contributed by atoms with van der Waals surface area (Å²) < 4.78 is 16.4. The third-order valence-corrected chi connectivity index (χ3v) is 3.48. The molecule has 0 atom stereocenters. The molecule has 2 aromatic rings. The van der Waals surface area contributed by atoms with E-state index in [0.29, 0.717) is 45.2 Å². The van der Waals surface area contributed by atoms with Gasteiger partial charge in [-0.25, -0.2) is 0 Å². The number of rotatable bonds is 11. The van der Waals surface area contributed by atoms with Gasteiger partial charge in [0.15, 0.2) is 0 Å². The molecule has 0 amide bonds. The largest absolute Gasteiger partial charge is 0.491 e. The van der Waals surface area contributed by atoms with E-state index >= 15 is 0 Å². The van der Waals surface area contributed by atoms with Gasteiger partial charge in [-0.1, -0.05) is 0 Å². The van der Waals surface area contributed by atoms with Gasteiger partial charge in [0.25, 0.3) is 0 Å². The van der Waals surface area contributed by atoms with Crippen molar-refractivity contribution in [1.82, 2.24) is 4.98 Å². The molecule has 2 N–H and O–H groups in total. The van der Waals surface area contributed by atoms with Gasteiger partial charge in [-0.05, 0) is 30.7 Å². The second-order valence-electron chi connectivity index (χ2n) is 5.28. The lowest BCUT2D eigenvalue weighted by molar-refractivity contribution is 0.0413.